The molecule has 2 fully saturated rings. The number of nitrogens with one attached hydrogen (secondary N) is 2. The van der Waals surface area contributed by atoms with Crippen molar-refractivity contribution in [2.45, 2.75) is 64.9 Å². The van der Waals surface area contributed by atoms with E-state index in [1.165, 1.54) is 5.56 Å². The normalized spacial score (nSPS) is 21.4. The monoisotopic (exact) mass is 388 g/mol. The van der Waals surface area contributed by atoms with E-state index in [0.717, 1.165) is 31.5 Å². The summed E-state index contributed by atoms with van der Waals surface area (Å²) in [5.41, 5.74) is 2.70. The summed E-state index contributed by atoms with van der Waals surface area (Å²) in [6, 6.07) is 6.00. The summed E-state index contributed by atoms with van der Waals surface area (Å²) in [5.74, 6) is 0.395. The minimum absolute atomic E-state index is 0.0164. The second-order valence-corrected chi connectivity index (χ2v) is 7.68. The number of ketones is 1. The van der Waals surface area contributed by atoms with Crippen LogP contribution in [0.1, 0.15) is 86.4 Å². The minimum atomic E-state index is -0.590. The van der Waals surface area contributed by atoms with E-state index in [4.69, 9.17) is 0 Å². The molecular formula is C22H32N2O4. The van der Waals surface area contributed by atoms with E-state index < -0.39 is 6.10 Å². The lowest BCUT2D eigenvalue weighted by Gasteiger charge is -2.24. The number of Topliss-reactive ketones (excluding diaryl/α,β-unsaturated/α-hetero) is 1. The summed E-state index contributed by atoms with van der Waals surface area (Å²) >= 11 is 0. The molecule has 2 amide bonds. The zero-order valence-electron chi connectivity index (χ0n) is 17.1. The molecule has 2 heterocycles. The standard InChI is InChI=1S/C16H23NO2.C6H9NO2/c1-3-16(19)15-10-13(4-5-14(15)11(2)18)12-6-8-17-9-7-12;1-4-2-3-5(8)7-6(4)9/h4-5,10-12,17-18H,3,6-9H2,1-2H3;4H,2-3H2,1H3,(H,7,8,9). The molecule has 2 atom stereocenters. The summed E-state index contributed by atoms with van der Waals surface area (Å²) in [4.78, 5) is 33.2. The molecule has 1 aromatic carbocycles. The molecule has 0 saturated carbocycles. The maximum Gasteiger partial charge on any atom is 0.229 e. The third-order valence-electron chi connectivity index (χ3n) is 5.47. The molecule has 0 aromatic heterocycles. The van der Waals surface area contributed by atoms with Gasteiger partial charge in [-0.3, -0.25) is 19.7 Å². The smallest absolute Gasteiger partial charge is 0.229 e. The van der Waals surface area contributed by atoms with Crippen LogP contribution in [0.25, 0.3) is 0 Å². The fourth-order valence-corrected chi connectivity index (χ4v) is 3.58. The highest BCUT2D eigenvalue weighted by molar-refractivity contribution is 5.98. The van der Waals surface area contributed by atoms with Crippen molar-refractivity contribution in [3.05, 3.63) is 34.9 Å². The molecule has 3 N–H and O–H groups in total. The number of hydrogen-bond acceptors (Lipinski definition) is 5. The van der Waals surface area contributed by atoms with Crippen molar-refractivity contribution in [1.82, 2.24) is 10.6 Å². The van der Waals surface area contributed by atoms with Gasteiger partial charge in [0.05, 0.1) is 6.10 Å². The Hall–Kier alpha value is -2.05. The maximum atomic E-state index is 12.1. The van der Waals surface area contributed by atoms with Gasteiger partial charge in [-0.15, -0.1) is 0 Å². The summed E-state index contributed by atoms with van der Waals surface area (Å²) in [5, 5.41) is 15.4. The van der Waals surface area contributed by atoms with Gasteiger partial charge in [-0.2, -0.15) is 0 Å². The molecule has 6 heteroatoms. The molecule has 3 rings (SSSR count). The summed E-state index contributed by atoms with van der Waals surface area (Å²) in [6.07, 6.45) is 3.32. The lowest BCUT2D eigenvalue weighted by Crippen LogP contribution is -2.39. The number of carbonyl (C=O) groups is 3. The number of piperidine rings is 2. The molecule has 1 aromatic rings. The first-order valence-electron chi connectivity index (χ1n) is 10.2. The van der Waals surface area contributed by atoms with Crippen LogP contribution in [0.15, 0.2) is 18.2 Å². The van der Waals surface area contributed by atoms with Crippen molar-refractivity contribution < 1.29 is 19.5 Å². The van der Waals surface area contributed by atoms with E-state index in [1.54, 1.807) is 6.92 Å². The van der Waals surface area contributed by atoms with E-state index in [2.05, 4.69) is 16.7 Å². The van der Waals surface area contributed by atoms with Crippen LogP contribution >= 0.6 is 0 Å². The van der Waals surface area contributed by atoms with Crippen molar-refractivity contribution in [3.63, 3.8) is 0 Å². The number of aliphatic hydroxyl groups is 1. The van der Waals surface area contributed by atoms with E-state index >= 15 is 0 Å². The second-order valence-electron chi connectivity index (χ2n) is 7.68. The lowest BCUT2D eigenvalue weighted by atomic mass is 9.86. The third-order valence-corrected chi connectivity index (χ3v) is 5.47. The Kier molecular flexibility index (Phi) is 8.33. The van der Waals surface area contributed by atoms with Crippen LogP contribution in [-0.2, 0) is 9.59 Å². The molecule has 0 bridgehead atoms. The zero-order chi connectivity index (χ0) is 20.7. The van der Waals surface area contributed by atoms with Gasteiger partial charge in [-0.1, -0.05) is 26.0 Å². The van der Waals surface area contributed by atoms with Crippen LogP contribution in [0, 0.1) is 5.92 Å². The molecular weight excluding hydrogens is 356 g/mol. The van der Waals surface area contributed by atoms with E-state index in [9.17, 15) is 19.5 Å². The molecule has 0 aliphatic carbocycles. The van der Waals surface area contributed by atoms with Crippen LogP contribution in [0.2, 0.25) is 0 Å². The van der Waals surface area contributed by atoms with Crippen LogP contribution < -0.4 is 10.6 Å². The third kappa shape index (κ3) is 5.97. The topological polar surface area (TPSA) is 95.5 Å². The Bertz CT molecular complexity index is 708. The molecule has 2 aliphatic heterocycles. The molecule has 0 radical (unpaired) electrons. The van der Waals surface area contributed by atoms with Crippen molar-refractivity contribution >= 4 is 17.6 Å². The number of amides is 2. The van der Waals surface area contributed by atoms with Crippen LogP contribution in [0.3, 0.4) is 0 Å². The second kappa shape index (κ2) is 10.5. The van der Waals surface area contributed by atoms with Crippen LogP contribution in [0.5, 0.6) is 0 Å². The van der Waals surface area contributed by atoms with E-state index in [1.807, 2.05) is 26.0 Å². The molecule has 2 aliphatic rings. The number of aliphatic hydroxyl groups excluding tert-OH is 1. The molecule has 0 spiro atoms. The predicted octanol–water partition coefficient (Wildman–Crippen LogP) is 2.86. The van der Waals surface area contributed by atoms with Crippen molar-refractivity contribution in [3.8, 4) is 0 Å². The highest BCUT2D eigenvalue weighted by Gasteiger charge is 2.22. The minimum Gasteiger partial charge on any atom is -0.389 e. The Labute approximate surface area is 167 Å². The molecule has 2 saturated heterocycles. The van der Waals surface area contributed by atoms with Crippen LogP contribution in [-0.4, -0.2) is 35.8 Å². The highest BCUT2D eigenvalue weighted by Crippen LogP contribution is 2.29. The van der Waals surface area contributed by atoms with Gasteiger partial charge in [0.25, 0.3) is 0 Å². The van der Waals surface area contributed by atoms with E-state index in [0.29, 0.717) is 30.7 Å². The zero-order valence-corrected chi connectivity index (χ0v) is 17.1. The van der Waals surface area contributed by atoms with E-state index in [-0.39, 0.29) is 23.5 Å². The Morgan fingerprint density at radius 1 is 1.21 bits per heavy atom. The number of carbonyl (C=O) groups excluding carboxylic acids is 3. The van der Waals surface area contributed by atoms with Gasteiger partial charge < -0.3 is 10.4 Å². The molecule has 2 unspecified atom stereocenters. The summed E-state index contributed by atoms with van der Waals surface area (Å²) < 4.78 is 0. The number of hydrogen-bond donors (Lipinski definition) is 3. The predicted molar refractivity (Wildman–Crippen MR) is 108 cm³/mol. The average molecular weight is 389 g/mol. The first-order valence-corrected chi connectivity index (χ1v) is 10.2. The highest BCUT2D eigenvalue weighted by atomic mass is 16.3. The molecule has 6 nitrogen and oxygen atoms in total. The Balaban J connectivity index is 0.000000261. The summed E-state index contributed by atoms with van der Waals surface area (Å²) in [6.45, 7) is 7.48. The van der Waals surface area contributed by atoms with Gasteiger partial charge in [0, 0.05) is 24.3 Å². The molecule has 154 valence electrons. The van der Waals surface area contributed by atoms with Gasteiger partial charge >= 0.3 is 0 Å². The van der Waals surface area contributed by atoms with Gasteiger partial charge in [-0.05, 0) is 62.4 Å². The fourth-order valence-electron chi connectivity index (χ4n) is 3.58. The van der Waals surface area contributed by atoms with Crippen molar-refractivity contribution in [1.29, 1.82) is 0 Å². The van der Waals surface area contributed by atoms with Gasteiger partial charge in [0.1, 0.15) is 0 Å². The largest absolute Gasteiger partial charge is 0.389 e. The maximum absolute atomic E-state index is 12.1. The van der Waals surface area contributed by atoms with Gasteiger partial charge in [-0.25, -0.2) is 0 Å². The first kappa shape index (κ1) is 22.2. The fraction of sp³-hybridized carbons (Fsp3) is 0.591. The molecule has 28 heavy (non-hydrogen) atoms. The first-order chi connectivity index (χ1) is 13.3. The SMILES string of the molecule is CC1CCC(=O)NC1=O.CCC(=O)c1cc(C2CCNCC2)ccc1C(C)O. The van der Waals surface area contributed by atoms with Crippen molar-refractivity contribution in [2.24, 2.45) is 5.92 Å². The number of imide groups is 1. The van der Waals surface area contributed by atoms with Crippen LogP contribution in [0.4, 0.5) is 0 Å². The van der Waals surface area contributed by atoms with Gasteiger partial charge in [0.15, 0.2) is 5.78 Å². The quantitative estimate of drug-likeness (QED) is 0.544. The van der Waals surface area contributed by atoms with Crippen molar-refractivity contribution in [2.75, 3.05) is 13.1 Å². The average Bonchev–Trinajstić information content (AvgIpc) is 2.71. The number of benzene rings is 1. The lowest BCUT2D eigenvalue weighted by molar-refractivity contribution is -0.135. The summed E-state index contributed by atoms with van der Waals surface area (Å²) in [7, 11) is 0. The number of rotatable bonds is 4. The van der Waals surface area contributed by atoms with Gasteiger partial charge in [0.2, 0.25) is 11.8 Å². The Morgan fingerprint density at radius 2 is 1.89 bits per heavy atom. The Morgan fingerprint density at radius 3 is 2.43 bits per heavy atom.